The van der Waals surface area contributed by atoms with E-state index in [1.165, 1.54) is 6.42 Å². The minimum absolute atomic E-state index is 0.0131. The van der Waals surface area contributed by atoms with Crippen LogP contribution in [-0.4, -0.2) is 22.9 Å². The van der Waals surface area contributed by atoms with Crippen molar-refractivity contribution in [2.24, 2.45) is 18.7 Å². The predicted octanol–water partition coefficient (Wildman–Crippen LogP) is 1.87. The van der Waals surface area contributed by atoms with E-state index in [1.807, 2.05) is 19.4 Å². The zero-order valence-electron chi connectivity index (χ0n) is 10.5. The highest BCUT2D eigenvalue weighted by atomic mass is 16.5. The first-order chi connectivity index (χ1) is 7.63. The number of nitrogens with two attached hydrogens (primary N) is 1. The molecule has 1 aromatic rings. The monoisotopic (exact) mass is 225 g/mol. The molecule has 1 unspecified atom stereocenters. The normalized spacial score (nSPS) is 13.3. The van der Waals surface area contributed by atoms with Crippen LogP contribution in [0.3, 0.4) is 0 Å². The molecule has 0 aromatic carbocycles. The molecule has 0 spiro atoms. The molecule has 92 valence electrons. The van der Waals surface area contributed by atoms with Crippen molar-refractivity contribution in [2.45, 2.75) is 32.8 Å². The second-order valence-electron chi connectivity index (χ2n) is 4.58. The highest BCUT2D eigenvalue weighted by Crippen LogP contribution is 2.16. The number of hydrogen-bond acceptors (Lipinski definition) is 3. The number of nitrogens with zero attached hydrogens (tertiary/aromatic N) is 2. The summed E-state index contributed by atoms with van der Waals surface area (Å²) in [6.45, 7) is 5.73. The Bertz CT molecular complexity index is 296. The van der Waals surface area contributed by atoms with E-state index in [1.54, 1.807) is 4.68 Å². The van der Waals surface area contributed by atoms with Gasteiger partial charge in [-0.05, 0) is 18.8 Å². The lowest BCUT2D eigenvalue weighted by Crippen LogP contribution is -2.16. The van der Waals surface area contributed by atoms with Gasteiger partial charge < -0.3 is 10.5 Å². The van der Waals surface area contributed by atoms with Crippen molar-refractivity contribution in [1.29, 1.82) is 0 Å². The summed E-state index contributed by atoms with van der Waals surface area (Å²) < 4.78 is 7.54. The largest absolute Gasteiger partial charge is 0.372 e. The molecule has 0 saturated heterocycles. The quantitative estimate of drug-likeness (QED) is 0.721. The molecule has 2 N–H and O–H groups in total. The summed E-state index contributed by atoms with van der Waals surface area (Å²) >= 11 is 0. The number of aryl methyl sites for hydroxylation is 1. The van der Waals surface area contributed by atoms with Crippen molar-refractivity contribution in [3.8, 4) is 0 Å². The lowest BCUT2D eigenvalue weighted by atomic mass is 10.1. The van der Waals surface area contributed by atoms with Crippen LogP contribution in [-0.2, 0) is 11.8 Å². The summed E-state index contributed by atoms with van der Waals surface area (Å²) in [6, 6.07) is 0. The number of ether oxygens (including phenoxy) is 1. The molecule has 0 bridgehead atoms. The van der Waals surface area contributed by atoms with Crippen molar-refractivity contribution in [1.82, 2.24) is 9.78 Å². The second kappa shape index (κ2) is 6.66. The molecule has 16 heavy (non-hydrogen) atoms. The Kier molecular flexibility index (Phi) is 5.49. The summed E-state index contributed by atoms with van der Waals surface area (Å²) in [5.74, 6) is 0.735. The van der Waals surface area contributed by atoms with Gasteiger partial charge in [-0.3, -0.25) is 4.68 Å². The van der Waals surface area contributed by atoms with Crippen LogP contribution < -0.4 is 5.73 Å². The third kappa shape index (κ3) is 4.33. The van der Waals surface area contributed by atoms with Crippen molar-refractivity contribution in [3.63, 3.8) is 0 Å². The fraction of sp³-hybridized carbons (Fsp3) is 0.750. The van der Waals surface area contributed by atoms with E-state index in [0.717, 1.165) is 24.5 Å². The highest BCUT2D eigenvalue weighted by molar-refractivity contribution is 5.08. The first-order valence-corrected chi connectivity index (χ1v) is 5.93. The fourth-order valence-corrected chi connectivity index (χ4v) is 1.62. The van der Waals surface area contributed by atoms with E-state index in [-0.39, 0.29) is 6.10 Å². The Morgan fingerprint density at radius 1 is 1.50 bits per heavy atom. The van der Waals surface area contributed by atoms with Crippen molar-refractivity contribution >= 4 is 0 Å². The molecule has 0 amide bonds. The van der Waals surface area contributed by atoms with Gasteiger partial charge in [-0.1, -0.05) is 13.8 Å². The van der Waals surface area contributed by atoms with E-state index in [0.29, 0.717) is 6.54 Å². The Labute approximate surface area is 97.8 Å². The zero-order valence-corrected chi connectivity index (χ0v) is 10.5. The zero-order chi connectivity index (χ0) is 12.0. The van der Waals surface area contributed by atoms with E-state index < -0.39 is 0 Å². The van der Waals surface area contributed by atoms with Gasteiger partial charge in [0.1, 0.15) is 0 Å². The highest BCUT2D eigenvalue weighted by Gasteiger charge is 2.11. The molecule has 0 aliphatic rings. The molecule has 0 saturated carbocycles. The van der Waals surface area contributed by atoms with Gasteiger partial charge in [0.25, 0.3) is 0 Å². The van der Waals surface area contributed by atoms with Crippen LogP contribution >= 0.6 is 0 Å². The standard InChI is InChI=1S/C12H23N3O/c1-10(2)5-4-6-16-12(7-13)11-8-14-15(3)9-11/h8-10,12H,4-7,13H2,1-3H3. The minimum Gasteiger partial charge on any atom is -0.372 e. The topological polar surface area (TPSA) is 53.1 Å². The van der Waals surface area contributed by atoms with Gasteiger partial charge >= 0.3 is 0 Å². The summed E-state index contributed by atoms with van der Waals surface area (Å²) in [4.78, 5) is 0. The minimum atomic E-state index is -0.0131. The van der Waals surface area contributed by atoms with Gasteiger partial charge in [-0.25, -0.2) is 0 Å². The van der Waals surface area contributed by atoms with Crippen LogP contribution in [0.5, 0.6) is 0 Å². The molecule has 1 aromatic heterocycles. The average Bonchev–Trinajstić information content (AvgIpc) is 2.64. The van der Waals surface area contributed by atoms with Gasteiger partial charge in [0.05, 0.1) is 12.3 Å². The molecule has 4 nitrogen and oxygen atoms in total. The Hall–Kier alpha value is -0.870. The lowest BCUT2D eigenvalue weighted by Gasteiger charge is -2.14. The smallest absolute Gasteiger partial charge is 0.0977 e. The molecule has 0 fully saturated rings. The average molecular weight is 225 g/mol. The summed E-state index contributed by atoms with van der Waals surface area (Å²) in [6.07, 6.45) is 6.06. The second-order valence-corrected chi connectivity index (χ2v) is 4.58. The van der Waals surface area contributed by atoms with Gasteiger partial charge in [0.15, 0.2) is 0 Å². The summed E-state index contributed by atoms with van der Waals surface area (Å²) in [7, 11) is 1.90. The third-order valence-electron chi connectivity index (χ3n) is 2.56. The van der Waals surface area contributed by atoms with Crippen LogP contribution in [0.1, 0.15) is 38.4 Å². The van der Waals surface area contributed by atoms with Crippen LogP contribution in [0, 0.1) is 5.92 Å². The Balaban J connectivity index is 2.32. The van der Waals surface area contributed by atoms with Gasteiger partial charge in [0, 0.05) is 32.0 Å². The Morgan fingerprint density at radius 3 is 2.75 bits per heavy atom. The van der Waals surface area contributed by atoms with E-state index in [9.17, 15) is 0 Å². The maximum atomic E-state index is 5.76. The van der Waals surface area contributed by atoms with Crippen LogP contribution in [0.15, 0.2) is 12.4 Å². The van der Waals surface area contributed by atoms with Gasteiger partial charge in [0.2, 0.25) is 0 Å². The molecule has 0 radical (unpaired) electrons. The van der Waals surface area contributed by atoms with Gasteiger partial charge in [-0.15, -0.1) is 0 Å². The van der Waals surface area contributed by atoms with Gasteiger partial charge in [-0.2, -0.15) is 5.10 Å². The van der Waals surface area contributed by atoms with Crippen molar-refractivity contribution < 1.29 is 4.74 Å². The summed E-state index contributed by atoms with van der Waals surface area (Å²) in [5, 5.41) is 4.12. The molecule has 4 heteroatoms. The molecule has 1 heterocycles. The maximum Gasteiger partial charge on any atom is 0.0977 e. The molecule has 0 aliphatic carbocycles. The lowest BCUT2D eigenvalue weighted by molar-refractivity contribution is 0.0545. The number of hydrogen-bond donors (Lipinski definition) is 1. The molecule has 0 aliphatic heterocycles. The molecular weight excluding hydrogens is 202 g/mol. The van der Waals surface area contributed by atoms with Crippen LogP contribution in [0.4, 0.5) is 0 Å². The van der Waals surface area contributed by atoms with E-state index in [4.69, 9.17) is 10.5 Å². The van der Waals surface area contributed by atoms with E-state index in [2.05, 4.69) is 18.9 Å². The SMILES string of the molecule is CC(C)CCCOC(CN)c1cnn(C)c1. The fourth-order valence-electron chi connectivity index (χ4n) is 1.62. The molecule has 1 atom stereocenters. The first-order valence-electron chi connectivity index (χ1n) is 5.93. The summed E-state index contributed by atoms with van der Waals surface area (Å²) in [5.41, 5.74) is 6.76. The molecule has 1 rings (SSSR count). The number of aromatic nitrogens is 2. The predicted molar refractivity (Wildman–Crippen MR) is 65.0 cm³/mol. The van der Waals surface area contributed by atoms with Crippen molar-refractivity contribution in [2.75, 3.05) is 13.2 Å². The maximum absolute atomic E-state index is 5.76. The third-order valence-corrected chi connectivity index (χ3v) is 2.56. The van der Waals surface area contributed by atoms with Crippen molar-refractivity contribution in [3.05, 3.63) is 18.0 Å². The van der Waals surface area contributed by atoms with Crippen LogP contribution in [0.2, 0.25) is 0 Å². The Morgan fingerprint density at radius 2 is 2.25 bits per heavy atom. The van der Waals surface area contributed by atoms with E-state index >= 15 is 0 Å². The first kappa shape index (κ1) is 13.2. The van der Waals surface area contributed by atoms with Crippen LogP contribution in [0.25, 0.3) is 0 Å². The molecular formula is C12H23N3O. The number of rotatable bonds is 7.